The first-order valence-electron chi connectivity index (χ1n) is 12.3. The van der Waals surface area contributed by atoms with Crippen molar-refractivity contribution in [1.82, 2.24) is 25.3 Å². The molecule has 0 radical (unpaired) electrons. The minimum Gasteiger partial charge on any atom is -0.444 e. The first-order chi connectivity index (χ1) is 18.0. The molecule has 0 bridgehead atoms. The van der Waals surface area contributed by atoms with Crippen LogP contribution in [0.2, 0.25) is 0 Å². The van der Waals surface area contributed by atoms with Crippen LogP contribution in [0.5, 0.6) is 0 Å². The van der Waals surface area contributed by atoms with E-state index in [1.54, 1.807) is 36.8 Å². The number of alkyl carbamates (subject to hydrolysis) is 1. The van der Waals surface area contributed by atoms with Crippen molar-refractivity contribution in [3.8, 4) is 28.6 Å². The number of para-hydroxylation sites is 1. The lowest BCUT2D eigenvalue weighted by Gasteiger charge is -2.30. The van der Waals surface area contributed by atoms with Crippen molar-refractivity contribution in [3.05, 3.63) is 60.4 Å². The third-order valence-electron chi connectivity index (χ3n) is 6.41. The molecule has 0 unspecified atom stereocenters. The molecule has 1 aromatic carbocycles. The maximum Gasteiger partial charge on any atom is 0.408 e. The zero-order valence-electron chi connectivity index (χ0n) is 21.7. The van der Waals surface area contributed by atoms with Crippen LogP contribution in [0.4, 0.5) is 14.9 Å². The highest BCUT2D eigenvalue weighted by Crippen LogP contribution is 2.41. The third kappa shape index (κ3) is 5.00. The zero-order valence-corrected chi connectivity index (χ0v) is 21.7. The Bertz CT molecular complexity index is 1570. The number of pyridine rings is 2. The number of ether oxygens (including phenoxy) is 1. The summed E-state index contributed by atoms with van der Waals surface area (Å²) in [6.07, 6.45) is 5.20. The molecule has 2 N–H and O–H groups in total. The molecular formula is C28H28FN7O2. The van der Waals surface area contributed by atoms with Crippen molar-refractivity contribution in [3.63, 3.8) is 0 Å². The predicted octanol–water partition coefficient (Wildman–Crippen LogP) is 5.19. The van der Waals surface area contributed by atoms with Gasteiger partial charge in [0.05, 0.1) is 22.3 Å². The van der Waals surface area contributed by atoms with E-state index < -0.39 is 23.1 Å². The van der Waals surface area contributed by atoms with Crippen LogP contribution in [-0.4, -0.2) is 50.3 Å². The number of hydrogen-bond donors (Lipinski definition) is 2. The number of amides is 1. The minimum absolute atomic E-state index is 0.243. The van der Waals surface area contributed by atoms with Crippen LogP contribution in [0.1, 0.15) is 39.8 Å². The van der Waals surface area contributed by atoms with Gasteiger partial charge in [-0.25, -0.2) is 19.2 Å². The smallest absolute Gasteiger partial charge is 0.408 e. The van der Waals surface area contributed by atoms with Crippen molar-refractivity contribution in [1.29, 1.82) is 5.26 Å². The number of hydrogen-bond acceptors (Lipinski definition) is 7. The fourth-order valence-corrected chi connectivity index (χ4v) is 4.77. The standard InChI is InChI=1S/C28H28FN7O2/c1-27(2,3)38-26(37)35-28(4)9-11-36(16-28)24-19(17-8-10-32-18(12-17)13-30)14-31-15-20(24)25-33-22-7-5-6-21(29)23(22)34-25/h5-8,10,12,14-15H,9,11,16H2,1-4H3,(H,33,34)(H,35,37)/t28-/m0/s1. The van der Waals surface area contributed by atoms with Gasteiger partial charge in [-0.3, -0.25) is 4.98 Å². The van der Waals surface area contributed by atoms with Gasteiger partial charge in [0.25, 0.3) is 0 Å². The van der Waals surface area contributed by atoms with Gasteiger partial charge in [-0.2, -0.15) is 5.26 Å². The molecule has 1 aliphatic heterocycles. The number of nitrogens with zero attached hydrogens (tertiary/aromatic N) is 5. The molecule has 0 saturated carbocycles. The molecule has 3 aromatic heterocycles. The maximum absolute atomic E-state index is 14.5. The molecule has 9 nitrogen and oxygen atoms in total. The lowest BCUT2D eigenvalue weighted by atomic mass is 10.0. The number of imidazole rings is 1. The fourth-order valence-electron chi connectivity index (χ4n) is 4.77. The molecule has 10 heteroatoms. The number of nitrogens with one attached hydrogen (secondary N) is 2. The number of aromatic nitrogens is 4. The van der Waals surface area contributed by atoms with Crippen molar-refractivity contribution < 1.29 is 13.9 Å². The van der Waals surface area contributed by atoms with Crippen LogP contribution >= 0.6 is 0 Å². The SMILES string of the molecule is CC(C)(C)OC(=O)N[C@@]1(C)CCN(c2c(-c3ccnc(C#N)c3)cncc2-c2nc3c(F)cccc3[nH]2)C1. The summed E-state index contributed by atoms with van der Waals surface area (Å²) in [5, 5.41) is 12.5. The number of carbonyl (C=O) groups is 1. The Hall–Kier alpha value is -4.52. The summed E-state index contributed by atoms with van der Waals surface area (Å²) in [4.78, 5) is 31.1. The molecule has 1 aliphatic rings. The molecule has 5 rings (SSSR count). The summed E-state index contributed by atoms with van der Waals surface area (Å²) in [5.41, 5.74) is 2.94. The second-order valence-corrected chi connectivity index (χ2v) is 10.7. The summed E-state index contributed by atoms with van der Waals surface area (Å²) in [5.74, 6) is 0.0523. The van der Waals surface area contributed by atoms with E-state index in [2.05, 4.69) is 36.2 Å². The molecular weight excluding hydrogens is 485 g/mol. The van der Waals surface area contributed by atoms with Gasteiger partial charge in [0.1, 0.15) is 28.7 Å². The Kier molecular flexibility index (Phi) is 6.23. The van der Waals surface area contributed by atoms with Gasteiger partial charge < -0.3 is 19.9 Å². The topological polar surface area (TPSA) is 120 Å². The molecule has 1 fully saturated rings. The summed E-state index contributed by atoms with van der Waals surface area (Å²) in [6.45, 7) is 8.57. The highest BCUT2D eigenvalue weighted by Gasteiger charge is 2.38. The first-order valence-corrected chi connectivity index (χ1v) is 12.3. The quantitative estimate of drug-likeness (QED) is 0.385. The fraction of sp³-hybridized carbons (Fsp3) is 0.321. The van der Waals surface area contributed by atoms with E-state index in [9.17, 15) is 14.4 Å². The lowest BCUT2D eigenvalue weighted by Crippen LogP contribution is -2.49. The Morgan fingerprint density at radius 1 is 1.26 bits per heavy atom. The van der Waals surface area contributed by atoms with Crippen LogP contribution in [0.25, 0.3) is 33.5 Å². The Balaban J connectivity index is 1.60. The maximum atomic E-state index is 14.5. The Morgan fingerprint density at radius 2 is 2.05 bits per heavy atom. The number of H-pyrrole nitrogens is 1. The first kappa shape index (κ1) is 25.1. The largest absolute Gasteiger partial charge is 0.444 e. The van der Waals surface area contributed by atoms with E-state index in [-0.39, 0.29) is 11.2 Å². The monoisotopic (exact) mass is 513 g/mol. The molecule has 1 amide bonds. The average molecular weight is 514 g/mol. The molecule has 0 aliphatic carbocycles. The minimum atomic E-state index is -0.611. The number of rotatable bonds is 4. The Morgan fingerprint density at radius 3 is 2.79 bits per heavy atom. The van der Waals surface area contributed by atoms with Crippen LogP contribution < -0.4 is 10.2 Å². The van der Waals surface area contributed by atoms with Crippen molar-refractivity contribution in [2.75, 3.05) is 18.0 Å². The van der Waals surface area contributed by atoms with Gasteiger partial charge >= 0.3 is 6.09 Å². The molecule has 38 heavy (non-hydrogen) atoms. The lowest BCUT2D eigenvalue weighted by molar-refractivity contribution is 0.0473. The van der Waals surface area contributed by atoms with Gasteiger partial charge in [-0.1, -0.05) is 6.07 Å². The van der Waals surface area contributed by atoms with Gasteiger partial charge in [-0.15, -0.1) is 0 Å². The molecule has 0 spiro atoms. The van der Waals surface area contributed by atoms with Gasteiger partial charge in [0.15, 0.2) is 5.82 Å². The average Bonchev–Trinajstić information content (AvgIpc) is 3.47. The molecule has 194 valence electrons. The second-order valence-electron chi connectivity index (χ2n) is 10.7. The zero-order chi connectivity index (χ0) is 27.1. The predicted molar refractivity (Wildman–Crippen MR) is 142 cm³/mol. The number of nitriles is 1. The number of anilines is 1. The van der Waals surface area contributed by atoms with E-state index in [0.717, 1.165) is 16.8 Å². The van der Waals surface area contributed by atoms with Crippen LogP contribution in [0, 0.1) is 17.1 Å². The molecule has 4 heterocycles. The normalized spacial score (nSPS) is 17.4. The van der Waals surface area contributed by atoms with Gasteiger partial charge in [-0.05, 0) is 63.9 Å². The van der Waals surface area contributed by atoms with E-state index in [0.29, 0.717) is 36.4 Å². The van der Waals surface area contributed by atoms with Crippen LogP contribution in [-0.2, 0) is 4.74 Å². The van der Waals surface area contributed by atoms with E-state index in [1.165, 1.54) is 6.07 Å². The van der Waals surface area contributed by atoms with Crippen molar-refractivity contribution in [2.45, 2.75) is 45.3 Å². The number of aromatic amines is 1. The number of carbonyl (C=O) groups excluding carboxylic acids is 1. The van der Waals surface area contributed by atoms with Crippen molar-refractivity contribution in [2.24, 2.45) is 0 Å². The summed E-state index contributed by atoms with van der Waals surface area (Å²) in [6, 6.07) is 10.4. The second kappa shape index (κ2) is 9.41. The van der Waals surface area contributed by atoms with E-state index >= 15 is 0 Å². The number of benzene rings is 1. The van der Waals surface area contributed by atoms with Crippen LogP contribution in [0.3, 0.4) is 0 Å². The van der Waals surface area contributed by atoms with Gasteiger partial charge in [0.2, 0.25) is 0 Å². The van der Waals surface area contributed by atoms with Crippen molar-refractivity contribution >= 4 is 22.8 Å². The molecule has 1 saturated heterocycles. The highest BCUT2D eigenvalue weighted by atomic mass is 19.1. The van der Waals surface area contributed by atoms with E-state index in [4.69, 9.17) is 4.74 Å². The van der Waals surface area contributed by atoms with E-state index in [1.807, 2.05) is 33.8 Å². The number of fused-ring (bicyclic) bond motifs is 1. The van der Waals surface area contributed by atoms with Gasteiger partial charge in [0, 0.05) is 37.2 Å². The highest BCUT2D eigenvalue weighted by molar-refractivity contribution is 5.91. The summed E-state index contributed by atoms with van der Waals surface area (Å²) in [7, 11) is 0. The molecule has 1 atom stereocenters. The molecule has 4 aromatic rings. The van der Waals surface area contributed by atoms with Crippen LogP contribution in [0.15, 0.2) is 48.9 Å². The number of halogens is 1. The Labute approximate surface area is 219 Å². The third-order valence-corrected chi connectivity index (χ3v) is 6.41. The summed E-state index contributed by atoms with van der Waals surface area (Å²) < 4.78 is 20.0. The summed E-state index contributed by atoms with van der Waals surface area (Å²) >= 11 is 0.